The number of fused-ring (bicyclic) bond motifs is 1. The zero-order chi connectivity index (χ0) is 13.2. The largest absolute Gasteiger partial charge is 0.486 e. The fourth-order valence-corrected chi connectivity index (χ4v) is 3.86. The summed E-state index contributed by atoms with van der Waals surface area (Å²) in [5, 5.41) is 3.50. The van der Waals surface area contributed by atoms with Crippen molar-refractivity contribution in [1.82, 2.24) is 5.32 Å². The van der Waals surface area contributed by atoms with E-state index in [1.54, 1.807) is 0 Å². The highest BCUT2D eigenvalue weighted by Gasteiger charge is 2.25. The molecule has 0 radical (unpaired) electrons. The maximum Gasteiger partial charge on any atom is 0.175 e. The molecule has 3 rings (SSSR count). The topological polar surface area (TPSA) is 30.5 Å². The second-order valence-electron chi connectivity index (χ2n) is 5.18. The van der Waals surface area contributed by atoms with Gasteiger partial charge >= 0.3 is 0 Å². The second-order valence-corrected chi connectivity index (χ2v) is 5.97. The van der Waals surface area contributed by atoms with Crippen LogP contribution in [-0.2, 0) is 6.42 Å². The molecule has 2 heterocycles. The van der Waals surface area contributed by atoms with E-state index in [4.69, 9.17) is 9.47 Å². The molecule has 1 saturated heterocycles. The number of rotatable bonds is 2. The predicted octanol–water partition coefficient (Wildman–Crippen LogP) is 3.25. The van der Waals surface area contributed by atoms with E-state index < -0.39 is 0 Å². The van der Waals surface area contributed by atoms with Gasteiger partial charge in [-0.3, -0.25) is 0 Å². The summed E-state index contributed by atoms with van der Waals surface area (Å²) in [4.78, 5) is 0. The molecule has 0 bridgehead atoms. The number of hydrogen-bond acceptors (Lipinski definition) is 3. The van der Waals surface area contributed by atoms with Gasteiger partial charge in [-0.05, 0) is 64.8 Å². The molecule has 1 unspecified atom stereocenters. The average Bonchev–Trinajstić information content (AvgIpc) is 2.48. The lowest BCUT2D eigenvalue weighted by molar-refractivity contribution is 0.170. The Hall–Kier alpha value is -0.740. The van der Waals surface area contributed by atoms with Crippen molar-refractivity contribution in [1.29, 1.82) is 0 Å². The SMILES string of the molecule is CCc1c(C2CCCNC2)cc2c(c1Br)OCCO2. The molecule has 1 aromatic carbocycles. The molecule has 1 N–H and O–H groups in total. The summed E-state index contributed by atoms with van der Waals surface area (Å²) in [7, 11) is 0. The van der Waals surface area contributed by atoms with Crippen molar-refractivity contribution in [3.05, 3.63) is 21.7 Å². The van der Waals surface area contributed by atoms with Crippen LogP contribution in [0.4, 0.5) is 0 Å². The van der Waals surface area contributed by atoms with Crippen molar-refractivity contribution in [2.45, 2.75) is 32.1 Å². The average molecular weight is 326 g/mol. The van der Waals surface area contributed by atoms with E-state index in [9.17, 15) is 0 Å². The van der Waals surface area contributed by atoms with Gasteiger partial charge in [-0.25, -0.2) is 0 Å². The summed E-state index contributed by atoms with van der Waals surface area (Å²) in [5.41, 5.74) is 2.80. The number of hydrogen-bond donors (Lipinski definition) is 1. The first-order chi connectivity index (χ1) is 9.31. The molecule has 1 atom stereocenters. The molecule has 0 aliphatic carbocycles. The Morgan fingerprint density at radius 1 is 1.37 bits per heavy atom. The van der Waals surface area contributed by atoms with Crippen LogP contribution in [0.2, 0.25) is 0 Å². The van der Waals surface area contributed by atoms with E-state index in [2.05, 4.69) is 34.2 Å². The molecule has 2 aliphatic heterocycles. The molecule has 0 saturated carbocycles. The van der Waals surface area contributed by atoms with Gasteiger partial charge in [0, 0.05) is 6.54 Å². The highest BCUT2D eigenvalue weighted by atomic mass is 79.9. The van der Waals surface area contributed by atoms with E-state index in [-0.39, 0.29) is 0 Å². The first-order valence-corrected chi connectivity index (χ1v) is 7.92. The van der Waals surface area contributed by atoms with Crippen molar-refractivity contribution in [2.24, 2.45) is 0 Å². The van der Waals surface area contributed by atoms with Gasteiger partial charge in [-0.2, -0.15) is 0 Å². The van der Waals surface area contributed by atoms with Gasteiger partial charge in [0.1, 0.15) is 13.2 Å². The molecular weight excluding hydrogens is 306 g/mol. The minimum atomic E-state index is 0.593. The quantitative estimate of drug-likeness (QED) is 0.905. The van der Waals surface area contributed by atoms with E-state index in [1.165, 1.54) is 24.0 Å². The summed E-state index contributed by atoms with van der Waals surface area (Å²) in [6, 6.07) is 2.20. The fourth-order valence-electron chi connectivity index (χ4n) is 3.04. The molecule has 3 nitrogen and oxygen atoms in total. The highest BCUT2D eigenvalue weighted by Crippen LogP contribution is 2.44. The zero-order valence-electron chi connectivity index (χ0n) is 11.3. The van der Waals surface area contributed by atoms with Gasteiger partial charge in [0.2, 0.25) is 0 Å². The Kier molecular flexibility index (Phi) is 3.99. The smallest absolute Gasteiger partial charge is 0.175 e. The Morgan fingerprint density at radius 3 is 2.95 bits per heavy atom. The van der Waals surface area contributed by atoms with Gasteiger partial charge in [0.15, 0.2) is 11.5 Å². The molecule has 1 aromatic rings. The summed E-state index contributed by atoms with van der Waals surface area (Å²) < 4.78 is 12.6. The van der Waals surface area contributed by atoms with Crippen LogP contribution in [0.15, 0.2) is 10.5 Å². The number of benzene rings is 1. The van der Waals surface area contributed by atoms with Gasteiger partial charge in [-0.1, -0.05) is 6.92 Å². The lowest BCUT2D eigenvalue weighted by Gasteiger charge is -2.28. The highest BCUT2D eigenvalue weighted by molar-refractivity contribution is 9.10. The molecule has 19 heavy (non-hydrogen) atoms. The van der Waals surface area contributed by atoms with Crippen LogP contribution in [0, 0.1) is 0 Å². The fraction of sp³-hybridized carbons (Fsp3) is 0.600. The molecule has 1 fully saturated rings. The van der Waals surface area contributed by atoms with Crippen LogP contribution in [0.25, 0.3) is 0 Å². The summed E-state index contributed by atoms with van der Waals surface area (Å²) in [5.74, 6) is 2.38. The van der Waals surface area contributed by atoms with Gasteiger partial charge in [-0.15, -0.1) is 0 Å². The number of ether oxygens (including phenoxy) is 2. The second kappa shape index (κ2) is 5.71. The van der Waals surface area contributed by atoms with E-state index in [0.29, 0.717) is 19.1 Å². The van der Waals surface area contributed by atoms with Gasteiger partial charge < -0.3 is 14.8 Å². The number of piperidine rings is 1. The van der Waals surface area contributed by atoms with Crippen molar-refractivity contribution < 1.29 is 9.47 Å². The Bertz CT molecular complexity index is 470. The normalized spacial score (nSPS) is 22.3. The number of nitrogens with one attached hydrogen (secondary N) is 1. The van der Waals surface area contributed by atoms with Crippen molar-refractivity contribution >= 4 is 15.9 Å². The third kappa shape index (κ3) is 2.48. The summed E-state index contributed by atoms with van der Waals surface area (Å²) in [6.07, 6.45) is 3.52. The summed E-state index contributed by atoms with van der Waals surface area (Å²) >= 11 is 3.72. The van der Waals surface area contributed by atoms with E-state index in [1.807, 2.05) is 0 Å². The van der Waals surface area contributed by atoms with Crippen LogP contribution in [0.5, 0.6) is 11.5 Å². The van der Waals surface area contributed by atoms with Crippen molar-refractivity contribution in [3.8, 4) is 11.5 Å². The standard InChI is InChI=1S/C15H20BrNO2/c1-2-11-12(10-4-3-5-17-9-10)8-13-15(14(11)16)19-7-6-18-13/h8,10,17H,2-7,9H2,1H3. The molecule has 104 valence electrons. The van der Waals surface area contributed by atoms with E-state index >= 15 is 0 Å². The van der Waals surface area contributed by atoms with Crippen LogP contribution in [0.1, 0.15) is 36.8 Å². The maximum atomic E-state index is 5.76. The Morgan fingerprint density at radius 2 is 2.21 bits per heavy atom. The Balaban J connectivity index is 2.04. The Labute approximate surface area is 122 Å². The molecule has 0 aromatic heterocycles. The predicted molar refractivity (Wildman–Crippen MR) is 79.4 cm³/mol. The molecule has 0 amide bonds. The molecular formula is C15H20BrNO2. The van der Waals surface area contributed by atoms with Gasteiger partial charge in [0.25, 0.3) is 0 Å². The minimum absolute atomic E-state index is 0.593. The minimum Gasteiger partial charge on any atom is -0.486 e. The van der Waals surface area contributed by atoms with Crippen LogP contribution >= 0.6 is 15.9 Å². The van der Waals surface area contributed by atoms with Gasteiger partial charge in [0.05, 0.1) is 4.47 Å². The molecule has 4 heteroatoms. The third-order valence-electron chi connectivity index (χ3n) is 4.00. The molecule has 0 spiro atoms. The number of halogens is 1. The lowest BCUT2D eigenvalue weighted by Crippen LogP contribution is -2.29. The van der Waals surface area contributed by atoms with Crippen LogP contribution in [-0.4, -0.2) is 26.3 Å². The molecule has 2 aliphatic rings. The van der Waals surface area contributed by atoms with Crippen molar-refractivity contribution in [3.63, 3.8) is 0 Å². The third-order valence-corrected chi connectivity index (χ3v) is 4.84. The lowest BCUT2D eigenvalue weighted by atomic mass is 9.87. The summed E-state index contributed by atoms with van der Waals surface area (Å²) in [6.45, 7) is 5.70. The van der Waals surface area contributed by atoms with E-state index in [0.717, 1.165) is 35.5 Å². The zero-order valence-corrected chi connectivity index (χ0v) is 12.9. The maximum absolute atomic E-state index is 5.76. The van der Waals surface area contributed by atoms with Crippen LogP contribution in [0.3, 0.4) is 0 Å². The van der Waals surface area contributed by atoms with Crippen LogP contribution < -0.4 is 14.8 Å². The monoisotopic (exact) mass is 325 g/mol. The first-order valence-electron chi connectivity index (χ1n) is 7.12. The van der Waals surface area contributed by atoms with Crippen molar-refractivity contribution in [2.75, 3.05) is 26.3 Å². The first kappa shape index (κ1) is 13.3.